The van der Waals surface area contributed by atoms with Crippen molar-refractivity contribution >= 4 is 11.7 Å². The van der Waals surface area contributed by atoms with Crippen LogP contribution in [0.4, 0.5) is 0 Å². The molecule has 0 amide bonds. The molecule has 2 rings (SSSR count). The lowest BCUT2D eigenvalue weighted by Crippen LogP contribution is -2.59. The number of likely N-dealkylation sites (tertiary alicyclic amines) is 1. The van der Waals surface area contributed by atoms with Gasteiger partial charge in [0.25, 0.3) is 0 Å². The predicted molar refractivity (Wildman–Crippen MR) is 45.8 cm³/mol. The highest BCUT2D eigenvalue weighted by Gasteiger charge is 2.36. The Balaban J connectivity index is 1.84. The summed E-state index contributed by atoms with van der Waals surface area (Å²) in [7, 11) is 0. The molecular formula is C7H11N3OS. The SMILES string of the molecule is CC1(O)CN(Cc2cnsn2)C1. The zero-order valence-corrected chi connectivity index (χ0v) is 7.71. The van der Waals surface area contributed by atoms with E-state index in [1.165, 1.54) is 11.7 Å². The molecule has 1 N–H and O–H groups in total. The maximum Gasteiger partial charge on any atom is 0.0883 e. The van der Waals surface area contributed by atoms with E-state index in [2.05, 4.69) is 13.6 Å². The third-order valence-electron chi connectivity index (χ3n) is 1.92. The topological polar surface area (TPSA) is 49.2 Å². The van der Waals surface area contributed by atoms with Gasteiger partial charge in [-0.05, 0) is 6.92 Å². The Labute approximate surface area is 75.2 Å². The maximum absolute atomic E-state index is 9.44. The lowest BCUT2D eigenvalue weighted by Gasteiger charge is -2.43. The van der Waals surface area contributed by atoms with Crippen molar-refractivity contribution in [2.45, 2.75) is 19.1 Å². The first-order chi connectivity index (χ1) is 5.66. The first-order valence-corrected chi connectivity index (χ1v) is 4.60. The Morgan fingerprint density at radius 3 is 3.00 bits per heavy atom. The molecule has 1 aliphatic rings. The van der Waals surface area contributed by atoms with Crippen molar-refractivity contribution in [2.75, 3.05) is 13.1 Å². The van der Waals surface area contributed by atoms with E-state index in [0.717, 1.165) is 25.3 Å². The van der Waals surface area contributed by atoms with Crippen LogP contribution in [0, 0.1) is 0 Å². The summed E-state index contributed by atoms with van der Waals surface area (Å²) < 4.78 is 8.00. The van der Waals surface area contributed by atoms with Crippen LogP contribution in [-0.2, 0) is 6.54 Å². The molecule has 12 heavy (non-hydrogen) atoms. The molecule has 1 aliphatic heterocycles. The Morgan fingerprint density at radius 2 is 2.50 bits per heavy atom. The molecule has 2 heterocycles. The van der Waals surface area contributed by atoms with Crippen LogP contribution in [0.1, 0.15) is 12.6 Å². The van der Waals surface area contributed by atoms with Crippen molar-refractivity contribution in [3.63, 3.8) is 0 Å². The summed E-state index contributed by atoms with van der Waals surface area (Å²) in [5.41, 5.74) is 0.513. The lowest BCUT2D eigenvalue weighted by molar-refractivity contribution is -0.0874. The summed E-state index contributed by atoms with van der Waals surface area (Å²) in [6.07, 6.45) is 1.78. The number of β-amino-alcohol motifs (C(OH)–C–C–N with tert-alkyl or cyclic N) is 1. The molecule has 0 unspecified atom stereocenters. The van der Waals surface area contributed by atoms with Crippen LogP contribution in [0.25, 0.3) is 0 Å². The van der Waals surface area contributed by atoms with Gasteiger partial charge in [-0.25, -0.2) is 0 Å². The molecule has 4 nitrogen and oxygen atoms in total. The van der Waals surface area contributed by atoms with Gasteiger partial charge in [-0.1, -0.05) is 0 Å². The van der Waals surface area contributed by atoms with Gasteiger partial charge in [0.1, 0.15) is 0 Å². The minimum absolute atomic E-state index is 0.483. The average Bonchev–Trinajstić information content (AvgIpc) is 2.35. The summed E-state index contributed by atoms with van der Waals surface area (Å²) in [4.78, 5) is 2.15. The molecule has 66 valence electrons. The number of nitrogens with zero attached hydrogens (tertiary/aromatic N) is 3. The van der Waals surface area contributed by atoms with Crippen LogP contribution in [0.3, 0.4) is 0 Å². The number of hydrogen-bond donors (Lipinski definition) is 1. The summed E-state index contributed by atoms with van der Waals surface area (Å²) in [6, 6.07) is 0. The van der Waals surface area contributed by atoms with Gasteiger partial charge in [0.15, 0.2) is 0 Å². The molecule has 0 aliphatic carbocycles. The van der Waals surface area contributed by atoms with E-state index in [1.54, 1.807) is 6.20 Å². The lowest BCUT2D eigenvalue weighted by atomic mass is 9.97. The Kier molecular flexibility index (Phi) is 1.86. The third kappa shape index (κ3) is 1.63. The third-order valence-corrected chi connectivity index (χ3v) is 2.44. The van der Waals surface area contributed by atoms with Gasteiger partial charge in [0, 0.05) is 19.6 Å². The number of rotatable bonds is 2. The van der Waals surface area contributed by atoms with Gasteiger partial charge in [0.2, 0.25) is 0 Å². The van der Waals surface area contributed by atoms with Gasteiger partial charge in [-0.15, -0.1) is 0 Å². The van der Waals surface area contributed by atoms with Crippen molar-refractivity contribution in [1.29, 1.82) is 0 Å². The smallest absolute Gasteiger partial charge is 0.0883 e. The molecule has 0 saturated carbocycles. The predicted octanol–water partition coefficient (Wildman–Crippen LogP) is 0.105. The number of hydrogen-bond acceptors (Lipinski definition) is 5. The van der Waals surface area contributed by atoms with Crippen molar-refractivity contribution < 1.29 is 5.11 Å². The highest BCUT2D eigenvalue weighted by Crippen LogP contribution is 2.21. The highest BCUT2D eigenvalue weighted by molar-refractivity contribution is 6.99. The largest absolute Gasteiger partial charge is 0.388 e. The van der Waals surface area contributed by atoms with Gasteiger partial charge in [-0.2, -0.15) is 8.75 Å². The van der Waals surface area contributed by atoms with E-state index in [9.17, 15) is 5.11 Å². The summed E-state index contributed by atoms with van der Waals surface area (Å²) in [6.45, 7) is 4.14. The highest BCUT2D eigenvalue weighted by atomic mass is 32.1. The van der Waals surface area contributed by atoms with E-state index >= 15 is 0 Å². The number of aliphatic hydroxyl groups is 1. The molecule has 0 spiro atoms. The Bertz CT molecular complexity index is 252. The van der Waals surface area contributed by atoms with Crippen molar-refractivity contribution in [3.05, 3.63) is 11.9 Å². The molecule has 1 aromatic rings. The van der Waals surface area contributed by atoms with Crippen molar-refractivity contribution in [1.82, 2.24) is 13.6 Å². The van der Waals surface area contributed by atoms with Crippen molar-refractivity contribution in [2.24, 2.45) is 0 Å². The second-order valence-electron chi connectivity index (χ2n) is 3.54. The van der Waals surface area contributed by atoms with Gasteiger partial charge in [-0.3, -0.25) is 4.90 Å². The maximum atomic E-state index is 9.44. The standard InChI is InChI=1S/C7H11N3OS/c1-7(11)4-10(5-7)3-6-2-8-12-9-6/h2,11H,3-5H2,1H3. The molecule has 0 atom stereocenters. The molecule has 1 fully saturated rings. The van der Waals surface area contributed by atoms with Crippen LogP contribution in [0.2, 0.25) is 0 Å². The second-order valence-corrected chi connectivity index (χ2v) is 4.10. The Hall–Kier alpha value is -0.520. The van der Waals surface area contributed by atoms with Crippen LogP contribution in [-0.4, -0.2) is 37.4 Å². The van der Waals surface area contributed by atoms with Crippen LogP contribution < -0.4 is 0 Å². The first kappa shape index (κ1) is 8.10. The zero-order valence-electron chi connectivity index (χ0n) is 6.90. The monoisotopic (exact) mass is 185 g/mol. The summed E-state index contributed by atoms with van der Waals surface area (Å²) in [5, 5.41) is 9.44. The average molecular weight is 185 g/mol. The normalized spacial score (nSPS) is 22.2. The minimum atomic E-state index is -0.483. The molecule has 0 radical (unpaired) electrons. The molecule has 0 bridgehead atoms. The van der Waals surface area contributed by atoms with Crippen LogP contribution in [0.15, 0.2) is 6.20 Å². The van der Waals surface area contributed by atoms with E-state index in [-0.39, 0.29) is 0 Å². The van der Waals surface area contributed by atoms with Crippen LogP contribution >= 0.6 is 11.7 Å². The summed E-state index contributed by atoms with van der Waals surface area (Å²) in [5.74, 6) is 0. The summed E-state index contributed by atoms with van der Waals surface area (Å²) >= 11 is 1.23. The van der Waals surface area contributed by atoms with Gasteiger partial charge >= 0.3 is 0 Å². The molecule has 1 aromatic heterocycles. The second kappa shape index (κ2) is 2.76. The molecular weight excluding hydrogens is 174 g/mol. The van der Waals surface area contributed by atoms with E-state index in [4.69, 9.17) is 0 Å². The fraction of sp³-hybridized carbons (Fsp3) is 0.714. The minimum Gasteiger partial charge on any atom is -0.388 e. The van der Waals surface area contributed by atoms with Gasteiger partial charge < -0.3 is 5.11 Å². The quantitative estimate of drug-likeness (QED) is 0.710. The van der Waals surface area contributed by atoms with Gasteiger partial charge in [0.05, 0.1) is 29.2 Å². The fourth-order valence-electron chi connectivity index (χ4n) is 1.51. The van der Waals surface area contributed by atoms with E-state index < -0.39 is 5.60 Å². The fourth-order valence-corrected chi connectivity index (χ4v) is 1.94. The number of aromatic nitrogens is 2. The molecule has 1 saturated heterocycles. The zero-order chi connectivity index (χ0) is 8.60. The van der Waals surface area contributed by atoms with Crippen molar-refractivity contribution in [3.8, 4) is 0 Å². The molecule has 5 heteroatoms. The molecule has 0 aromatic carbocycles. The van der Waals surface area contributed by atoms with Crippen LogP contribution in [0.5, 0.6) is 0 Å². The first-order valence-electron chi connectivity index (χ1n) is 3.87. The Morgan fingerprint density at radius 1 is 1.75 bits per heavy atom. The van der Waals surface area contributed by atoms with E-state index in [1.807, 2.05) is 6.92 Å². The van der Waals surface area contributed by atoms with E-state index in [0.29, 0.717) is 0 Å².